The van der Waals surface area contributed by atoms with Gasteiger partial charge in [-0.1, -0.05) is 0 Å². The van der Waals surface area contributed by atoms with Crippen molar-refractivity contribution in [2.45, 2.75) is 0 Å². The molecule has 0 atom stereocenters. The Bertz CT molecular complexity index is 554. The van der Waals surface area contributed by atoms with Gasteiger partial charge in [0.2, 0.25) is 0 Å². The van der Waals surface area contributed by atoms with Crippen LogP contribution < -0.4 is 0 Å². The lowest BCUT2D eigenvalue weighted by Crippen LogP contribution is -1.98. The Labute approximate surface area is 83.7 Å². The number of cyclic esters (lactones) is 2. The molecule has 0 N–H and O–H groups in total. The Balaban J connectivity index is 2.41. The highest BCUT2D eigenvalue weighted by Crippen LogP contribution is 2.21. The van der Waals surface area contributed by atoms with Gasteiger partial charge in [0.15, 0.2) is 11.3 Å². The molecule has 0 unspecified atom stereocenters. The first-order valence-corrected chi connectivity index (χ1v) is 4.28. The quantitative estimate of drug-likeness (QED) is 0.467. The summed E-state index contributed by atoms with van der Waals surface area (Å²) in [4.78, 5) is 30.4. The van der Waals surface area contributed by atoms with Crippen molar-refractivity contribution in [1.29, 1.82) is 0 Å². The van der Waals surface area contributed by atoms with Crippen LogP contribution in [-0.4, -0.2) is 21.9 Å². The number of hydrogen-bond donors (Lipinski definition) is 0. The van der Waals surface area contributed by atoms with Crippen molar-refractivity contribution in [1.82, 2.24) is 9.97 Å². The first-order chi connectivity index (χ1) is 7.25. The predicted octanol–water partition coefficient (Wildman–Crippen LogP) is 0.940. The molecule has 0 saturated carbocycles. The van der Waals surface area contributed by atoms with E-state index in [4.69, 9.17) is 0 Å². The molecule has 3 heterocycles. The number of hydrogen-bond acceptors (Lipinski definition) is 5. The monoisotopic (exact) mass is 200 g/mol. The van der Waals surface area contributed by atoms with Gasteiger partial charge in [-0.3, -0.25) is 0 Å². The van der Waals surface area contributed by atoms with E-state index < -0.39 is 11.9 Å². The van der Waals surface area contributed by atoms with E-state index in [1.165, 1.54) is 0 Å². The van der Waals surface area contributed by atoms with Gasteiger partial charge in [-0.25, -0.2) is 19.6 Å². The standard InChI is InChI=1S/C10H4N2O3/c13-9-6-4-5-2-1-3-11-8(5)12-7(6)10(14)15-9/h1-4H. The summed E-state index contributed by atoms with van der Waals surface area (Å²) in [5.74, 6) is -1.35. The van der Waals surface area contributed by atoms with E-state index in [9.17, 15) is 9.59 Å². The summed E-state index contributed by atoms with van der Waals surface area (Å²) in [5.41, 5.74) is 0.689. The summed E-state index contributed by atoms with van der Waals surface area (Å²) in [6, 6.07) is 5.07. The Morgan fingerprint density at radius 1 is 1.20 bits per heavy atom. The van der Waals surface area contributed by atoms with E-state index >= 15 is 0 Å². The lowest BCUT2D eigenvalue weighted by Gasteiger charge is -1.96. The van der Waals surface area contributed by atoms with Gasteiger partial charge in [0.05, 0.1) is 5.56 Å². The van der Waals surface area contributed by atoms with E-state index in [1.807, 2.05) is 0 Å². The molecule has 0 saturated heterocycles. The molecule has 5 heteroatoms. The normalized spacial score (nSPS) is 14.1. The number of fused-ring (bicyclic) bond motifs is 2. The average molecular weight is 200 g/mol. The fourth-order valence-electron chi connectivity index (χ4n) is 1.50. The van der Waals surface area contributed by atoms with Crippen molar-refractivity contribution >= 4 is 23.0 Å². The zero-order valence-corrected chi connectivity index (χ0v) is 7.43. The van der Waals surface area contributed by atoms with Gasteiger partial charge in [-0.15, -0.1) is 0 Å². The van der Waals surface area contributed by atoms with Gasteiger partial charge < -0.3 is 4.74 Å². The number of nitrogens with zero attached hydrogens (tertiary/aromatic N) is 2. The van der Waals surface area contributed by atoms with Gasteiger partial charge in [0.25, 0.3) is 0 Å². The fraction of sp³-hybridized carbons (Fsp3) is 0. The summed E-state index contributed by atoms with van der Waals surface area (Å²) < 4.78 is 4.43. The first kappa shape index (κ1) is 8.05. The van der Waals surface area contributed by atoms with Crippen LogP contribution in [0.2, 0.25) is 0 Å². The number of pyridine rings is 2. The highest BCUT2D eigenvalue weighted by atomic mass is 16.6. The zero-order valence-electron chi connectivity index (χ0n) is 7.43. The van der Waals surface area contributed by atoms with E-state index in [0.29, 0.717) is 11.0 Å². The van der Waals surface area contributed by atoms with Crippen LogP contribution in [-0.2, 0) is 4.74 Å². The molecule has 0 bridgehead atoms. The third kappa shape index (κ3) is 1.03. The lowest BCUT2D eigenvalue weighted by atomic mass is 10.1. The zero-order chi connectivity index (χ0) is 10.4. The van der Waals surface area contributed by atoms with Gasteiger partial charge in [0.1, 0.15) is 0 Å². The molecule has 5 nitrogen and oxygen atoms in total. The number of carbonyl (C=O) groups is 2. The van der Waals surface area contributed by atoms with E-state index in [-0.39, 0.29) is 11.3 Å². The molecule has 2 aromatic heterocycles. The number of rotatable bonds is 0. The summed E-state index contributed by atoms with van der Waals surface area (Å²) >= 11 is 0. The minimum absolute atomic E-state index is 0.0474. The number of ether oxygens (including phenoxy) is 1. The molecular formula is C10H4N2O3. The second-order valence-corrected chi connectivity index (χ2v) is 3.11. The smallest absolute Gasteiger partial charge is 0.365 e. The van der Waals surface area contributed by atoms with E-state index in [1.54, 1.807) is 24.4 Å². The minimum atomic E-state index is -0.706. The molecule has 1 aliphatic rings. The molecule has 2 aromatic rings. The van der Waals surface area contributed by atoms with Crippen LogP contribution in [0.4, 0.5) is 0 Å². The molecule has 0 spiro atoms. The van der Waals surface area contributed by atoms with E-state index in [0.717, 1.165) is 0 Å². The third-order valence-corrected chi connectivity index (χ3v) is 2.19. The number of carbonyl (C=O) groups excluding carboxylic acids is 2. The fourth-order valence-corrected chi connectivity index (χ4v) is 1.50. The van der Waals surface area contributed by atoms with Gasteiger partial charge >= 0.3 is 11.9 Å². The average Bonchev–Trinajstić information content (AvgIpc) is 2.52. The lowest BCUT2D eigenvalue weighted by molar-refractivity contribution is 0.0441. The molecule has 1 aliphatic heterocycles. The number of aromatic nitrogens is 2. The maximum Gasteiger partial charge on any atom is 0.365 e. The second kappa shape index (κ2) is 2.60. The van der Waals surface area contributed by atoms with Crippen LogP contribution in [0.5, 0.6) is 0 Å². The molecule has 0 fully saturated rings. The van der Waals surface area contributed by atoms with Crippen LogP contribution in [0, 0.1) is 0 Å². The maximum atomic E-state index is 11.2. The third-order valence-electron chi connectivity index (χ3n) is 2.19. The molecule has 3 rings (SSSR count). The van der Waals surface area contributed by atoms with Crippen molar-refractivity contribution < 1.29 is 14.3 Å². The van der Waals surface area contributed by atoms with Crippen LogP contribution in [0.3, 0.4) is 0 Å². The van der Waals surface area contributed by atoms with Crippen molar-refractivity contribution in [3.05, 3.63) is 35.7 Å². The summed E-state index contributed by atoms with van der Waals surface area (Å²) in [7, 11) is 0. The minimum Gasteiger partial charge on any atom is -0.384 e. The van der Waals surface area contributed by atoms with Crippen molar-refractivity contribution in [3.63, 3.8) is 0 Å². The molecule has 15 heavy (non-hydrogen) atoms. The molecule has 0 aliphatic carbocycles. The topological polar surface area (TPSA) is 69.2 Å². The van der Waals surface area contributed by atoms with Crippen LogP contribution >= 0.6 is 0 Å². The molecule has 0 amide bonds. The van der Waals surface area contributed by atoms with Crippen LogP contribution in [0.1, 0.15) is 20.8 Å². The molecule has 0 aromatic carbocycles. The SMILES string of the molecule is O=C1OC(=O)c2nc3ncccc3cc21. The molecular weight excluding hydrogens is 196 g/mol. The Kier molecular flexibility index (Phi) is 1.39. The van der Waals surface area contributed by atoms with E-state index in [2.05, 4.69) is 14.7 Å². The van der Waals surface area contributed by atoms with Crippen molar-refractivity contribution in [2.24, 2.45) is 0 Å². The Hall–Kier alpha value is -2.30. The van der Waals surface area contributed by atoms with Crippen LogP contribution in [0.15, 0.2) is 24.4 Å². The van der Waals surface area contributed by atoms with Gasteiger partial charge in [0, 0.05) is 11.6 Å². The Morgan fingerprint density at radius 3 is 2.93 bits per heavy atom. The summed E-state index contributed by atoms with van der Waals surface area (Å²) in [6.45, 7) is 0. The largest absolute Gasteiger partial charge is 0.384 e. The predicted molar refractivity (Wildman–Crippen MR) is 49.3 cm³/mol. The molecule has 0 radical (unpaired) electrons. The van der Waals surface area contributed by atoms with Gasteiger partial charge in [-0.05, 0) is 18.2 Å². The van der Waals surface area contributed by atoms with Gasteiger partial charge in [-0.2, -0.15) is 0 Å². The number of esters is 2. The highest BCUT2D eigenvalue weighted by Gasteiger charge is 2.31. The summed E-state index contributed by atoms with van der Waals surface area (Å²) in [6.07, 6.45) is 1.57. The molecule has 72 valence electrons. The van der Waals surface area contributed by atoms with Crippen molar-refractivity contribution in [2.75, 3.05) is 0 Å². The summed E-state index contributed by atoms with van der Waals surface area (Å²) in [5, 5.41) is 0.711. The first-order valence-electron chi connectivity index (χ1n) is 4.28. The van der Waals surface area contributed by atoms with Crippen molar-refractivity contribution in [3.8, 4) is 0 Å². The second-order valence-electron chi connectivity index (χ2n) is 3.11. The maximum absolute atomic E-state index is 11.2. The Morgan fingerprint density at radius 2 is 2.07 bits per heavy atom. The van der Waals surface area contributed by atoms with Crippen LogP contribution in [0.25, 0.3) is 11.0 Å². The highest BCUT2D eigenvalue weighted by molar-refractivity contribution is 6.15.